The van der Waals surface area contributed by atoms with Gasteiger partial charge in [-0.3, -0.25) is 14.6 Å². The largest absolute Gasteiger partial charge is 0.439 e. The van der Waals surface area contributed by atoms with Crippen LogP contribution in [0.5, 0.6) is 0 Å². The van der Waals surface area contributed by atoms with E-state index in [9.17, 15) is 9.59 Å². The number of carbonyl (C=O) groups is 2. The summed E-state index contributed by atoms with van der Waals surface area (Å²) in [6, 6.07) is 11.8. The summed E-state index contributed by atoms with van der Waals surface area (Å²) < 4.78 is 6.01. The molecule has 2 bridgehead atoms. The highest BCUT2D eigenvalue weighted by molar-refractivity contribution is 7.19. The van der Waals surface area contributed by atoms with Crippen molar-refractivity contribution < 1.29 is 14.3 Å². The maximum Gasteiger partial charge on any atom is 0.415 e. The Kier molecular flexibility index (Phi) is 5.26. The van der Waals surface area contributed by atoms with Crippen LogP contribution < -0.4 is 4.90 Å². The molecule has 31 heavy (non-hydrogen) atoms. The summed E-state index contributed by atoms with van der Waals surface area (Å²) in [6.07, 6.45) is 2.00. The number of fused-ring (bicyclic) bond motifs is 2. The molecule has 0 unspecified atom stereocenters. The molecule has 1 aromatic carbocycles. The van der Waals surface area contributed by atoms with Gasteiger partial charge in [-0.05, 0) is 69.6 Å². The van der Waals surface area contributed by atoms with Gasteiger partial charge in [-0.25, -0.2) is 4.79 Å². The molecule has 5 heterocycles. The minimum absolute atomic E-state index is 0.0519. The summed E-state index contributed by atoms with van der Waals surface area (Å²) in [7, 11) is 0. The predicted molar refractivity (Wildman–Crippen MR) is 123 cm³/mol. The maximum absolute atomic E-state index is 12.8. The molecular weight excluding hydrogens is 410 g/mol. The first-order valence-electron chi connectivity index (χ1n) is 11.3. The van der Waals surface area contributed by atoms with Crippen molar-refractivity contribution in [3.63, 3.8) is 0 Å². The number of carbonyl (C=O) groups excluding carboxylic acids is 2. The molecule has 4 saturated heterocycles. The average molecular weight is 440 g/mol. The van der Waals surface area contributed by atoms with Crippen molar-refractivity contribution in [3.8, 4) is 10.4 Å². The predicted octanol–water partition coefficient (Wildman–Crippen LogP) is 4.32. The minimum Gasteiger partial charge on any atom is -0.439 e. The third kappa shape index (κ3) is 3.53. The van der Waals surface area contributed by atoms with E-state index in [4.69, 9.17) is 4.74 Å². The molecule has 6 nitrogen and oxygen atoms in total. The van der Waals surface area contributed by atoms with Crippen LogP contribution in [-0.2, 0) is 4.74 Å². The zero-order chi connectivity index (χ0) is 21.6. The van der Waals surface area contributed by atoms with Crippen LogP contribution in [0.1, 0.15) is 37.0 Å². The molecule has 0 N–H and O–H groups in total. The van der Waals surface area contributed by atoms with Gasteiger partial charge in [0.2, 0.25) is 0 Å². The first-order chi connectivity index (χ1) is 15.0. The van der Waals surface area contributed by atoms with Crippen molar-refractivity contribution in [2.24, 2.45) is 5.92 Å². The third-order valence-corrected chi connectivity index (χ3v) is 8.22. The lowest BCUT2D eigenvalue weighted by molar-refractivity contribution is -0.0881. The molecule has 6 rings (SSSR count). The Hall–Kier alpha value is -2.38. The average Bonchev–Trinajstić information content (AvgIpc) is 3.40. The SMILES string of the molecule is CCN(CC)C(=O)c1cccc(-c2ccc(N3C[C@@]4(CN5CCC4CC5)OC3=O)s2)c1. The van der Waals surface area contributed by atoms with Gasteiger partial charge >= 0.3 is 6.09 Å². The lowest BCUT2D eigenvalue weighted by Gasteiger charge is -2.49. The van der Waals surface area contributed by atoms with Crippen molar-refractivity contribution in [1.29, 1.82) is 0 Å². The number of amides is 2. The Balaban J connectivity index is 1.37. The standard InChI is InChI=1S/C24H29N3O3S/c1-3-26(4-2)22(28)18-7-5-6-17(14-18)20-8-9-21(31-20)27-16-24(30-23(27)29)15-25-12-10-19(24)11-13-25/h5-9,14,19H,3-4,10-13,15-16H2,1-2H3/t24-/m1/s1. The summed E-state index contributed by atoms with van der Waals surface area (Å²) in [4.78, 5) is 32.6. The van der Waals surface area contributed by atoms with Gasteiger partial charge in [-0.15, -0.1) is 11.3 Å². The summed E-state index contributed by atoms with van der Waals surface area (Å²) in [5.74, 6) is 0.518. The van der Waals surface area contributed by atoms with E-state index in [-0.39, 0.29) is 17.6 Å². The van der Waals surface area contributed by atoms with Crippen LogP contribution in [0.25, 0.3) is 10.4 Å². The Morgan fingerprint density at radius 1 is 1.16 bits per heavy atom. The number of benzene rings is 1. The molecule has 1 atom stereocenters. The van der Waals surface area contributed by atoms with Gasteiger partial charge in [0.1, 0.15) is 10.6 Å². The minimum atomic E-state index is -0.353. The number of rotatable bonds is 5. The second-order valence-electron chi connectivity index (χ2n) is 8.77. The monoisotopic (exact) mass is 439 g/mol. The highest BCUT2D eigenvalue weighted by Crippen LogP contribution is 2.45. The van der Waals surface area contributed by atoms with Crippen LogP contribution in [0.2, 0.25) is 0 Å². The van der Waals surface area contributed by atoms with Gasteiger partial charge < -0.3 is 9.64 Å². The number of piperidine rings is 3. The van der Waals surface area contributed by atoms with E-state index >= 15 is 0 Å². The second kappa shape index (κ2) is 7.95. The van der Waals surface area contributed by atoms with E-state index in [1.807, 2.05) is 55.1 Å². The summed E-state index contributed by atoms with van der Waals surface area (Å²) in [5.41, 5.74) is 1.34. The third-order valence-electron chi connectivity index (χ3n) is 7.06. The second-order valence-corrected chi connectivity index (χ2v) is 9.83. The normalized spacial score (nSPS) is 27.0. The Bertz CT molecular complexity index is 993. The molecule has 1 spiro atoms. The van der Waals surface area contributed by atoms with E-state index in [2.05, 4.69) is 4.90 Å². The first-order valence-corrected chi connectivity index (χ1v) is 12.1. The van der Waals surface area contributed by atoms with Gasteiger partial charge in [0.15, 0.2) is 0 Å². The molecule has 1 aromatic heterocycles. The molecule has 7 heteroatoms. The molecule has 4 aliphatic heterocycles. The molecular formula is C24H29N3O3S. The van der Waals surface area contributed by atoms with Gasteiger partial charge in [0, 0.05) is 36.0 Å². The number of nitrogens with zero attached hydrogens (tertiary/aromatic N) is 3. The zero-order valence-electron chi connectivity index (χ0n) is 18.2. The van der Waals surface area contributed by atoms with Crippen LogP contribution >= 0.6 is 11.3 Å². The van der Waals surface area contributed by atoms with E-state index in [0.29, 0.717) is 31.1 Å². The Labute approximate surface area is 187 Å². The van der Waals surface area contributed by atoms with Crippen LogP contribution in [0.15, 0.2) is 36.4 Å². The van der Waals surface area contributed by atoms with Gasteiger partial charge in [-0.2, -0.15) is 0 Å². The lowest BCUT2D eigenvalue weighted by atomic mass is 9.75. The molecule has 4 aliphatic rings. The molecule has 4 fully saturated rings. The maximum atomic E-state index is 12.8. The summed E-state index contributed by atoms with van der Waals surface area (Å²) >= 11 is 1.58. The number of hydrogen-bond acceptors (Lipinski definition) is 5. The van der Waals surface area contributed by atoms with Crippen LogP contribution in [0.4, 0.5) is 9.80 Å². The lowest BCUT2D eigenvalue weighted by Crippen LogP contribution is -2.61. The quantitative estimate of drug-likeness (QED) is 0.696. The van der Waals surface area contributed by atoms with Crippen molar-refractivity contribution in [2.45, 2.75) is 32.3 Å². The molecule has 2 aromatic rings. The molecule has 164 valence electrons. The van der Waals surface area contributed by atoms with Crippen molar-refractivity contribution in [1.82, 2.24) is 9.80 Å². The van der Waals surface area contributed by atoms with Crippen LogP contribution in [0.3, 0.4) is 0 Å². The topological polar surface area (TPSA) is 53.1 Å². The van der Waals surface area contributed by atoms with E-state index < -0.39 is 0 Å². The number of hydrogen-bond donors (Lipinski definition) is 0. The zero-order valence-corrected chi connectivity index (χ0v) is 19.0. The molecule has 0 radical (unpaired) electrons. The van der Waals surface area contributed by atoms with Crippen molar-refractivity contribution >= 4 is 28.3 Å². The van der Waals surface area contributed by atoms with E-state index in [1.54, 1.807) is 16.2 Å². The molecule has 2 amide bonds. The fourth-order valence-electron chi connectivity index (χ4n) is 5.31. The molecule has 0 saturated carbocycles. The van der Waals surface area contributed by atoms with Crippen molar-refractivity contribution in [2.75, 3.05) is 44.2 Å². The first kappa shape index (κ1) is 20.5. The van der Waals surface area contributed by atoms with Crippen LogP contribution in [0, 0.1) is 5.92 Å². The Morgan fingerprint density at radius 2 is 1.94 bits per heavy atom. The summed E-state index contributed by atoms with van der Waals surface area (Å²) in [6.45, 7) is 9.11. The number of anilines is 1. The van der Waals surface area contributed by atoms with E-state index in [1.165, 1.54) is 0 Å². The highest BCUT2D eigenvalue weighted by atomic mass is 32.1. The molecule has 0 aliphatic carbocycles. The van der Waals surface area contributed by atoms with E-state index in [0.717, 1.165) is 47.9 Å². The fourth-order valence-corrected chi connectivity index (χ4v) is 6.30. The number of thiophene rings is 1. The van der Waals surface area contributed by atoms with Crippen LogP contribution in [-0.4, -0.2) is 66.7 Å². The smallest absolute Gasteiger partial charge is 0.415 e. The number of ether oxygens (including phenoxy) is 1. The highest BCUT2D eigenvalue weighted by Gasteiger charge is 2.55. The van der Waals surface area contributed by atoms with Gasteiger partial charge in [0.05, 0.1) is 6.54 Å². The summed E-state index contributed by atoms with van der Waals surface area (Å²) in [5, 5.41) is 0.911. The fraction of sp³-hybridized carbons (Fsp3) is 0.500. The van der Waals surface area contributed by atoms with Gasteiger partial charge in [-0.1, -0.05) is 12.1 Å². The van der Waals surface area contributed by atoms with Gasteiger partial charge in [0.25, 0.3) is 5.91 Å². The van der Waals surface area contributed by atoms with Crippen molar-refractivity contribution in [3.05, 3.63) is 42.0 Å². The Morgan fingerprint density at radius 3 is 2.61 bits per heavy atom.